The summed E-state index contributed by atoms with van der Waals surface area (Å²) in [7, 11) is 1.44. The minimum atomic E-state index is -2.08. The van der Waals surface area contributed by atoms with E-state index in [0.29, 0.717) is 11.3 Å². The van der Waals surface area contributed by atoms with E-state index in [1.165, 1.54) is 13.2 Å². The first-order valence-electron chi connectivity index (χ1n) is 8.72. The highest BCUT2D eigenvalue weighted by molar-refractivity contribution is 6.08. The van der Waals surface area contributed by atoms with Crippen molar-refractivity contribution in [3.63, 3.8) is 0 Å². The molecule has 0 saturated heterocycles. The van der Waals surface area contributed by atoms with Crippen molar-refractivity contribution in [3.8, 4) is 28.7 Å². The highest BCUT2D eigenvalue weighted by Gasteiger charge is 2.48. The highest BCUT2D eigenvalue weighted by atomic mass is 16.5. The average molecular weight is 384 g/mol. The molecular weight excluding hydrogens is 364 g/mol. The molecule has 1 atom stereocenters. The van der Waals surface area contributed by atoms with Crippen LogP contribution in [0.5, 0.6) is 28.7 Å². The average Bonchev–Trinajstić information content (AvgIpc) is 2.62. The quantitative estimate of drug-likeness (QED) is 0.731. The van der Waals surface area contributed by atoms with Crippen molar-refractivity contribution in [2.24, 2.45) is 0 Å². The van der Waals surface area contributed by atoms with Crippen LogP contribution in [-0.4, -0.2) is 40.4 Å². The summed E-state index contributed by atoms with van der Waals surface area (Å²) >= 11 is 0. The van der Waals surface area contributed by atoms with Crippen molar-refractivity contribution in [2.45, 2.75) is 25.0 Å². The zero-order valence-electron chi connectivity index (χ0n) is 15.6. The molecule has 0 radical (unpaired) electrons. The Bertz CT molecular complexity index is 1020. The molecular formula is C21H20O7. The number of phenolic OH excluding ortho intramolecular Hbond substituents is 2. The van der Waals surface area contributed by atoms with Crippen molar-refractivity contribution in [3.05, 3.63) is 47.0 Å². The molecule has 146 valence electrons. The number of aromatic hydroxyl groups is 2. The van der Waals surface area contributed by atoms with Gasteiger partial charge in [0.2, 0.25) is 5.78 Å². The molecule has 7 heteroatoms. The van der Waals surface area contributed by atoms with Crippen LogP contribution in [0.3, 0.4) is 0 Å². The van der Waals surface area contributed by atoms with E-state index in [2.05, 4.69) is 0 Å². The summed E-state index contributed by atoms with van der Waals surface area (Å²) in [6, 6.07) is 5.45. The number of fused-ring (bicyclic) bond motifs is 2. The first-order valence-corrected chi connectivity index (χ1v) is 8.72. The van der Waals surface area contributed by atoms with E-state index in [1.807, 2.05) is 26.0 Å². The van der Waals surface area contributed by atoms with Crippen molar-refractivity contribution in [1.82, 2.24) is 0 Å². The van der Waals surface area contributed by atoms with Crippen LogP contribution in [0.4, 0.5) is 0 Å². The number of carbonyl (C=O) groups is 1. The number of ether oxygens (including phenoxy) is 3. The fraction of sp³-hybridized carbons (Fsp3) is 0.286. The van der Waals surface area contributed by atoms with Crippen LogP contribution >= 0.6 is 0 Å². The molecule has 0 spiro atoms. The summed E-state index contributed by atoms with van der Waals surface area (Å²) in [6.45, 7) is 3.43. The third-order valence-electron chi connectivity index (χ3n) is 4.94. The Morgan fingerprint density at radius 3 is 2.61 bits per heavy atom. The second-order valence-corrected chi connectivity index (χ2v) is 7.41. The molecule has 2 heterocycles. The number of rotatable bonds is 2. The van der Waals surface area contributed by atoms with Crippen molar-refractivity contribution < 1.29 is 34.3 Å². The molecule has 0 aliphatic carbocycles. The minimum absolute atomic E-state index is 0.00841. The number of hydrogen-bond acceptors (Lipinski definition) is 7. The summed E-state index contributed by atoms with van der Waals surface area (Å²) in [5, 5.41) is 31.0. The Morgan fingerprint density at radius 1 is 1.14 bits per heavy atom. The van der Waals surface area contributed by atoms with E-state index < -0.39 is 29.3 Å². The van der Waals surface area contributed by atoms with Gasteiger partial charge in [-0.1, -0.05) is 0 Å². The van der Waals surface area contributed by atoms with Crippen LogP contribution in [-0.2, 0) is 5.60 Å². The molecule has 0 fully saturated rings. The van der Waals surface area contributed by atoms with Gasteiger partial charge in [-0.05, 0) is 38.1 Å². The standard InChI is InChI=1S/C21H20O7/c1-20(2)7-6-12-15(28-20)5-4-13(18(12)26-3)21(25)10-27-16-9-11(22)8-14(23)17(16)19(21)24/h4-9,22-23,25H,10H2,1-3H3/t21-/m0/s1. The van der Waals surface area contributed by atoms with Gasteiger partial charge in [0.25, 0.3) is 0 Å². The van der Waals surface area contributed by atoms with E-state index in [-0.39, 0.29) is 28.4 Å². The third-order valence-corrected chi connectivity index (χ3v) is 4.94. The molecule has 2 aliphatic heterocycles. The zero-order chi connectivity index (χ0) is 20.3. The van der Waals surface area contributed by atoms with Crippen LogP contribution in [0.1, 0.15) is 35.3 Å². The first kappa shape index (κ1) is 18.2. The number of methoxy groups -OCH3 is 1. The molecule has 3 N–H and O–H groups in total. The summed E-state index contributed by atoms with van der Waals surface area (Å²) in [6.07, 6.45) is 3.68. The molecule has 28 heavy (non-hydrogen) atoms. The monoisotopic (exact) mass is 384 g/mol. The van der Waals surface area contributed by atoms with Crippen molar-refractivity contribution in [1.29, 1.82) is 0 Å². The second kappa shape index (κ2) is 5.90. The lowest BCUT2D eigenvalue weighted by atomic mass is 9.82. The van der Waals surface area contributed by atoms with Gasteiger partial charge < -0.3 is 29.5 Å². The normalized spacial score (nSPS) is 21.9. The van der Waals surface area contributed by atoms with Crippen LogP contribution in [0.2, 0.25) is 0 Å². The van der Waals surface area contributed by atoms with Gasteiger partial charge in [-0.2, -0.15) is 0 Å². The Morgan fingerprint density at radius 2 is 1.89 bits per heavy atom. The second-order valence-electron chi connectivity index (χ2n) is 7.41. The zero-order valence-corrected chi connectivity index (χ0v) is 15.6. The van der Waals surface area contributed by atoms with Gasteiger partial charge in [-0.15, -0.1) is 0 Å². The number of phenols is 2. The van der Waals surface area contributed by atoms with Gasteiger partial charge in [0, 0.05) is 17.7 Å². The van der Waals surface area contributed by atoms with Crippen LogP contribution in [0, 0.1) is 0 Å². The largest absolute Gasteiger partial charge is 0.508 e. The van der Waals surface area contributed by atoms with Gasteiger partial charge in [0.05, 0.1) is 12.7 Å². The number of ketones is 1. The number of Topliss-reactive ketones (excluding diaryl/α,β-unsaturated/α-hetero) is 1. The molecule has 0 saturated carbocycles. The molecule has 2 aromatic rings. The fourth-order valence-corrected chi connectivity index (χ4v) is 3.56. The molecule has 0 amide bonds. The number of benzene rings is 2. The van der Waals surface area contributed by atoms with Crippen LogP contribution in [0.15, 0.2) is 30.3 Å². The maximum Gasteiger partial charge on any atom is 0.210 e. The molecule has 4 rings (SSSR count). The lowest BCUT2D eigenvalue weighted by Gasteiger charge is -2.35. The van der Waals surface area contributed by atoms with Gasteiger partial charge in [0.1, 0.15) is 46.5 Å². The van der Waals surface area contributed by atoms with Crippen molar-refractivity contribution >= 4 is 11.9 Å². The summed E-state index contributed by atoms with van der Waals surface area (Å²) < 4.78 is 16.9. The van der Waals surface area contributed by atoms with Gasteiger partial charge in [-0.3, -0.25) is 4.79 Å². The Hall–Kier alpha value is -3.19. The Balaban J connectivity index is 1.87. The maximum atomic E-state index is 13.1. The van der Waals surface area contributed by atoms with Crippen LogP contribution in [0.25, 0.3) is 6.08 Å². The molecule has 0 aromatic heterocycles. The number of carbonyl (C=O) groups excluding carboxylic acids is 1. The van der Waals surface area contributed by atoms with Gasteiger partial charge in [0.15, 0.2) is 5.60 Å². The molecule has 7 nitrogen and oxygen atoms in total. The van der Waals surface area contributed by atoms with E-state index in [1.54, 1.807) is 12.1 Å². The first-order chi connectivity index (χ1) is 13.2. The number of aliphatic hydroxyl groups is 1. The number of hydrogen-bond donors (Lipinski definition) is 3. The van der Waals surface area contributed by atoms with Crippen molar-refractivity contribution in [2.75, 3.05) is 13.7 Å². The van der Waals surface area contributed by atoms with E-state index >= 15 is 0 Å². The lowest BCUT2D eigenvalue weighted by molar-refractivity contribution is -0.00681. The van der Waals surface area contributed by atoms with Crippen LogP contribution < -0.4 is 14.2 Å². The summed E-state index contributed by atoms with van der Waals surface area (Å²) in [5.74, 6) is -0.607. The van der Waals surface area contributed by atoms with Gasteiger partial charge in [-0.25, -0.2) is 0 Å². The third kappa shape index (κ3) is 2.58. The SMILES string of the molecule is COc1c([C@@]2(O)COc3cc(O)cc(O)c3C2=O)ccc2c1C=CC(C)(C)O2. The maximum absolute atomic E-state index is 13.1. The Kier molecular flexibility index (Phi) is 3.83. The molecule has 2 aromatic carbocycles. The topological polar surface area (TPSA) is 105 Å². The predicted octanol–water partition coefficient (Wildman–Crippen LogP) is 2.75. The molecule has 2 aliphatic rings. The lowest BCUT2D eigenvalue weighted by Crippen LogP contribution is -2.45. The smallest absolute Gasteiger partial charge is 0.210 e. The fourth-order valence-electron chi connectivity index (χ4n) is 3.56. The minimum Gasteiger partial charge on any atom is -0.508 e. The summed E-state index contributed by atoms with van der Waals surface area (Å²) in [5.41, 5.74) is -1.97. The summed E-state index contributed by atoms with van der Waals surface area (Å²) in [4.78, 5) is 13.1. The highest BCUT2D eigenvalue weighted by Crippen LogP contribution is 2.47. The molecule has 0 unspecified atom stereocenters. The Labute approximate surface area is 161 Å². The van der Waals surface area contributed by atoms with E-state index in [4.69, 9.17) is 14.2 Å². The van der Waals surface area contributed by atoms with Gasteiger partial charge >= 0.3 is 0 Å². The van der Waals surface area contributed by atoms with E-state index in [0.717, 1.165) is 6.07 Å². The van der Waals surface area contributed by atoms with E-state index in [9.17, 15) is 20.1 Å². The molecule has 0 bridgehead atoms. The predicted molar refractivity (Wildman–Crippen MR) is 100 cm³/mol.